The third-order valence-electron chi connectivity index (χ3n) is 3.97. The van der Waals surface area contributed by atoms with Gasteiger partial charge in [0.05, 0.1) is 6.04 Å². The van der Waals surface area contributed by atoms with Gasteiger partial charge in [-0.2, -0.15) is 0 Å². The largest absolute Gasteiger partial charge is 0.334 e. The first-order chi connectivity index (χ1) is 9.19. The molecule has 2 N–H and O–H groups in total. The predicted molar refractivity (Wildman–Crippen MR) is 77.8 cm³/mol. The van der Waals surface area contributed by atoms with Crippen molar-refractivity contribution in [3.05, 3.63) is 35.4 Å². The van der Waals surface area contributed by atoms with Gasteiger partial charge in [0.15, 0.2) is 0 Å². The van der Waals surface area contributed by atoms with Crippen LogP contribution in [0.2, 0.25) is 0 Å². The van der Waals surface area contributed by atoms with E-state index in [9.17, 15) is 4.79 Å². The maximum Gasteiger partial charge on any atom is 0.223 e. The summed E-state index contributed by atoms with van der Waals surface area (Å²) in [5, 5.41) is 0. The fraction of sp³-hybridized carbons (Fsp3) is 0.562. The van der Waals surface area contributed by atoms with Crippen molar-refractivity contribution >= 4 is 5.91 Å². The van der Waals surface area contributed by atoms with Gasteiger partial charge in [0.2, 0.25) is 5.91 Å². The molecular formula is C16H24N2O. The van der Waals surface area contributed by atoms with Crippen molar-refractivity contribution in [2.75, 3.05) is 6.54 Å². The van der Waals surface area contributed by atoms with Crippen molar-refractivity contribution in [1.82, 2.24) is 4.90 Å². The minimum absolute atomic E-state index is 0.0527. The number of nitrogens with zero attached hydrogens (tertiary/aromatic N) is 1. The average Bonchev–Trinajstić information content (AvgIpc) is 2.43. The quantitative estimate of drug-likeness (QED) is 0.904. The summed E-state index contributed by atoms with van der Waals surface area (Å²) in [5.74, 6) is 0.249. The number of hydrogen-bond donors (Lipinski definition) is 1. The Hall–Kier alpha value is -1.35. The Morgan fingerprint density at radius 3 is 2.74 bits per heavy atom. The van der Waals surface area contributed by atoms with Crippen LogP contribution >= 0.6 is 0 Å². The predicted octanol–water partition coefficient (Wildman–Crippen LogP) is 2.65. The van der Waals surface area contributed by atoms with E-state index in [1.807, 2.05) is 11.0 Å². The number of rotatable bonds is 4. The molecule has 0 aliphatic carbocycles. The van der Waals surface area contributed by atoms with Gasteiger partial charge in [-0.25, -0.2) is 0 Å². The minimum Gasteiger partial charge on any atom is -0.334 e. The lowest BCUT2D eigenvalue weighted by atomic mass is 9.87. The standard InChI is InChI=1S/C16H24N2O/c1-3-11-18-15(19)10-9-14(17)16(18)13-8-6-5-7-12(13)4-2/h5-8,14,16H,3-4,9-11,17H2,1-2H3. The van der Waals surface area contributed by atoms with Gasteiger partial charge in [-0.15, -0.1) is 0 Å². The van der Waals surface area contributed by atoms with E-state index in [1.165, 1.54) is 11.1 Å². The molecule has 3 nitrogen and oxygen atoms in total. The van der Waals surface area contributed by atoms with E-state index in [1.54, 1.807) is 0 Å². The number of carbonyl (C=O) groups is 1. The van der Waals surface area contributed by atoms with Crippen LogP contribution in [0.1, 0.15) is 50.3 Å². The van der Waals surface area contributed by atoms with Gasteiger partial charge in [-0.3, -0.25) is 4.79 Å². The Morgan fingerprint density at radius 1 is 1.32 bits per heavy atom. The Balaban J connectivity index is 2.39. The molecule has 1 amide bonds. The lowest BCUT2D eigenvalue weighted by molar-refractivity contribution is -0.137. The lowest BCUT2D eigenvalue weighted by Gasteiger charge is -2.40. The summed E-state index contributed by atoms with van der Waals surface area (Å²) in [6, 6.07) is 8.48. The molecule has 2 rings (SSSR count). The van der Waals surface area contributed by atoms with Gasteiger partial charge in [0.25, 0.3) is 0 Å². The Labute approximate surface area is 115 Å². The maximum atomic E-state index is 12.2. The summed E-state index contributed by atoms with van der Waals surface area (Å²) in [7, 11) is 0. The van der Waals surface area contributed by atoms with Crippen LogP contribution in [-0.4, -0.2) is 23.4 Å². The van der Waals surface area contributed by atoms with Crippen LogP contribution < -0.4 is 5.73 Å². The second kappa shape index (κ2) is 6.20. The van der Waals surface area contributed by atoms with Crippen molar-refractivity contribution in [3.8, 4) is 0 Å². The molecule has 0 saturated carbocycles. The van der Waals surface area contributed by atoms with Crippen molar-refractivity contribution in [2.24, 2.45) is 5.73 Å². The van der Waals surface area contributed by atoms with Gasteiger partial charge >= 0.3 is 0 Å². The summed E-state index contributed by atoms with van der Waals surface area (Å²) in [6.07, 6.45) is 3.34. The first kappa shape index (κ1) is 14.1. The summed E-state index contributed by atoms with van der Waals surface area (Å²) < 4.78 is 0. The normalized spacial score (nSPS) is 23.7. The molecule has 0 bridgehead atoms. The van der Waals surface area contributed by atoms with Crippen LogP contribution in [-0.2, 0) is 11.2 Å². The maximum absolute atomic E-state index is 12.2. The zero-order valence-corrected chi connectivity index (χ0v) is 11.9. The Kier molecular flexibility index (Phi) is 4.59. The van der Waals surface area contributed by atoms with E-state index >= 15 is 0 Å². The number of aryl methyl sites for hydroxylation is 1. The number of hydrogen-bond acceptors (Lipinski definition) is 2. The van der Waals surface area contributed by atoms with Gasteiger partial charge in [-0.05, 0) is 30.4 Å². The molecule has 3 heteroatoms. The molecule has 104 valence electrons. The minimum atomic E-state index is 0.0527. The van der Waals surface area contributed by atoms with E-state index in [4.69, 9.17) is 5.73 Å². The highest BCUT2D eigenvalue weighted by Gasteiger charge is 2.35. The molecule has 1 aromatic carbocycles. The molecule has 1 aliphatic heterocycles. The summed E-state index contributed by atoms with van der Waals surface area (Å²) in [6.45, 7) is 5.06. The third kappa shape index (κ3) is 2.81. The topological polar surface area (TPSA) is 46.3 Å². The molecular weight excluding hydrogens is 236 g/mol. The summed E-state index contributed by atoms with van der Waals surface area (Å²) >= 11 is 0. The second-order valence-corrected chi connectivity index (χ2v) is 5.29. The summed E-state index contributed by atoms with van der Waals surface area (Å²) in [4.78, 5) is 14.2. The van der Waals surface area contributed by atoms with E-state index in [-0.39, 0.29) is 18.0 Å². The lowest BCUT2D eigenvalue weighted by Crippen LogP contribution is -2.49. The highest BCUT2D eigenvalue weighted by atomic mass is 16.2. The van der Waals surface area contributed by atoms with Crippen LogP contribution in [0.5, 0.6) is 0 Å². The molecule has 1 heterocycles. The second-order valence-electron chi connectivity index (χ2n) is 5.29. The number of carbonyl (C=O) groups excluding carboxylic acids is 1. The van der Waals surface area contributed by atoms with Crippen LogP contribution in [0.25, 0.3) is 0 Å². The van der Waals surface area contributed by atoms with Gasteiger partial charge in [0, 0.05) is 19.0 Å². The number of likely N-dealkylation sites (tertiary alicyclic amines) is 1. The van der Waals surface area contributed by atoms with Gasteiger partial charge < -0.3 is 10.6 Å². The van der Waals surface area contributed by atoms with E-state index < -0.39 is 0 Å². The number of benzene rings is 1. The number of amides is 1. The molecule has 1 saturated heterocycles. The first-order valence-corrected chi connectivity index (χ1v) is 7.31. The smallest absolute Gasteiger partial charge is 0.223 e. The molecule has 2 unspecified atom stereocenters. The first-order valence-electron chi connectivity index (χ1n) is 7.31. The Bertz CT molecular complexity index is 444. The molecule has 2 atom stereocenters. The van der Waals surface area contributed by atoms with E-state index in [0.29, 0.717) is 6.42 Å². The van der Waals surface area contributed by atoms with E-state index in [2.05, 4.69) is 32.0 Å². The molecule has 1 fully saturated rings. The van der Waals surface area contributed by atoms with Crippen LogP contribution in [0, 0.1) is 0 Å². The van der Waals surface area contributed by atoms with Crippen LogP contribution in [0.4, 0.5) is 0 Å². The fourth-order valence-corrected chi connectivity index (χ4v) is 3.03. The molecule has 0 radical (unpaired) electrons. The van der Waals surface area contributed by atoms with Gasteiger partial charge in [-0.1, -0.05) is 38.1 Å². The highest BCUT2D eigenvalue weighted by molar-refractivity contribution is 5.78. The van der Waals surface area contributed by atoms with Crippen molar-refractivity contribution < 1.29 is 4.79 Å². The number of piperidine rings is 1. The van der Waals surface area contributed by atoms with Crippen molar-refractivity contribution in [3.63, 3.8) is 0 Å². The highest BCUT2D eigenvalue weighted by Crippen LogP contribution is 2.33. The molecule has 0 aromatic heterocycles. The molecule has 19 heavy (non-hydrogen) atoms. The average molecular weight is 260 g/mol. The Morgan fingerprint density at radius 2 is 2.05 bits per heavy atom. The van der Waals surface area contributed by atoms with E-state index in [0.717, 1.165) is 25.8 Å². The zero-order valence-electron chi connectivity index (χ0n) is 11.9. The van der Waals surface area contributed by atoms with Crippen LogP contribution in [0.3, 0.4) is 0 Å². The SMILES string of the molecule is CCCN1C(=O)CCC(N)C1c1ccccc1CC. The zero-order chi connectivity index (χ0) is 13.8. The molecule has 0 spiro atoms. The van der Waals surface area contributed by atoms with Crippen LogP contribution in [0.15, 0.2) is 24.3 Å². The summed E-state index contributed by atoms with van der Waals surface area (Å²) in [5.41, 5.74) is 8.86. The van der Waals surface area contributed by atoms with Crippen molar-refractivity contribution in [1.29, 1.82) is 0 Å². The fourth-order valence-electron chi connectivity index (χ4n) is 3.03. The van der Waals surface area contributed by atoms with Gasteiger partial charge in [0.1, 0.15) is 0 Å². The molecule has 1 aliphatic rings. The van der Waals surface area contributed by atoms with Crippen molar-refractivity contribution in [2.45, 2.75) is 51.6 Å². The monoisotopic (exact) mass is 260 g/mol. The molecule has 1 aromatic rings. The third-order valence-corrected chi connectivity index (χ3v) is 3.97. The number of nitrogens with two attached hydrogens (primary N) is 1.